The predicted molar refractivity (Wildman–Crippen MR) is 143 cm³/mol. The van der Waals surface area contributed by atoms with Crippen LogP contribution in [0.15, 0.2) is 54.6 Å². The summed E-state index contributed by atoms with van der Waals surface area (Å²) in [5, 5.41) is 3.32. The molecule has 2 aliphatic rings. The van der Waals surface area contributed by atoms with Crippen LogP contribution in [0.1, 0.15) is 57.4 Å². The van der Waals surface area contributed by atoms with E-state index in [2.05, 4.69) is 78.7 Å². The molecule has 2 unspecified atom stereocenters. The van der Waals surface area contributed by atoms with Crippen LogP contribution in [0.25, 0.3) is 0 Å². The summed E-state index contributed by atoms with van der Waals surface area (Å²) in [5.74, 6) is 1.58. The van der Waals surface area contributed by atoms with Crippen molar-refractivity contribution in [3.8, 4) is 11.5 Å². The van der Waals surface area contributed by atoms with E-state index in [1.165, 1.54) is 38.9 Å². The van der Waals surface area contributed by atoms with E-state index >= 15 is 0 Å². The van der Waals surface area contributed by atoms with Gasteiger partial charge in [-0.3, -0.25) is 9.69 Å². The number of aryl methyl sites for hydroxylation is 3. The van der Waals surface area contributed by atoms with E-state index in [-0.39, 0.29) is 18.0 Å². The van der Waals surface area contributed by atoms with Crippen LogP contribution in [0.5, 0.6) is 11.5 Å². The van der Waals surface area contributed by atoms with E-state index < -0.39 is 0 Å². The first-order chi connectivity index (χ1) is 17.5. The summed E-state index contributed by atoms with van der Waals surface area (Å²) in [6.07, 6.45) is 3.70. The highest BCUT2D eigenvalue weighted by Gasteiger charge is 2.32. The first kappa shape index (κ1) is 24.4. The largest absolute Gasteiger partial charge is 0.493 e. The lowest BCUT2D eigenvalue weighted by Crippen LogP contribution is -2.44. The van der Waals surface area contributed by atoms with E-state index in [1.54, 1.807) is 14.2 Å². The Morgan fingerprint density at radius 3 is 2.47 bits per heavy atom. The Kier molecular flexibility index (Phi) is 7.01. The van der Waals surface area contributed by atoms with Crippen LogP contribution in [0, 0.1) is 13.8 Å². The van der Waals surface area contributed by atoms with Crippen molar-refractivity contribution < 1.29 is 14.3 Å². The molecule has 0 bridgehead atoms. The fourth-order valence-corrected chi connectivity index (χ4v) is 5.79. The summed E-state index contributed by atoms with van der Waals surface area (Å²) in [7, 11) is 3.35. The summed E-state index contributed by atoms with van der Waals surface area (Å²) < 4.78 is 11.2. The van der Waals surface area contributed by atoms with E-state index in [1.807, 2.05) is 0 Å². The molecule has 0 radical (unpaired) electrons. The highest BCUT2D eigenvalue weighted by atomic mass is 16.5. The first-order valence-corrected chi connectivity index (χ1v) is 12.9. The standard InChI is InChI=1S/C31H36N2O3/c1-20-9-10-22(15-21(20)2)16-28-26-18-30(36-4)29(35-3)17-24(26)13-14-33(28)19-31(34)32-27-12-11-23-7-5-6-8-25(23)27/h5-10,15,17-18,27-28H,11-14,16,19H2,1-4H3,(H,32,34). The summed E-state index contributed by atoms with van der Waals surface area (Å²) in [6.45, 7) is 5.50. The smallest absolute Gasteiger partial charge is 0.234 e. The monoisotopic (exact) mass is 484 g/mol. The van der Waals surface area contributed by atoms with Crippen LogP contribution in [0.4, 0.5) is 0 Å². The van der Waals surface area contributed by atoms with Gasteiger partial charge in [-0.2, -0.15) is 0 Å². The SMILES string of the molecule is COc1cc2c(cc1OC)C(Cc1ccc(C)c(C)c1)N(CC(=O)NC1CCc3ccccc31)CC2. The molecule has 0 fully saturated rings. The summed E-state index contributed by atoms with van der Waals surface area (Å²) in [4.78, 5) is 15.6. The third-order valence-corrected chi connectivity index (χ3v) is 7.93. The minimum atomic E-state index is 0.0808. The minimum Gasteiger partial charge on any atom is -0.493 e. The number of amides is 1. The van der Waals surface area contributed by atoms with Gasteiger partial charge in [0.25, 0.3) is 0 Å². The highest BCUT2D eigenvalue weighted by Crippen LogP contribution is 2.39. The predicted octanol–water partition coefficient (Wildman–Crippen LogP) is 5.27. The van der Waals surface area contributed by atoms with Crippen molar-refractivity contribution in [3.05, 3.63) is 93.5 Å². The first-order valence-electron chi connectivity index (χ1n) is 12.9. The molecule has 0 saturated carbocycles. The summed E-state index contributed by atoms with van der Waals surface area (Å²) in [6, 6.07) is 19.5. The molecule has 5 heteroatoms. The van der Waals surface area contributed by atoms with Gasteiger partial charge in [-0.05, 0) is 90.6 Å². The van der Waals surface area contributed by atoms with Gasteiger partial charge in [0.15, 0.2) is 11.5 Å². The van der Waals surface area contributed by atoms with Crippen molar-refractivity contribution in [1.29, 1.82) is 0 Å². The van der Waals surface area contributed by atoms with Crippen molar-refractivity contribution in [2.24, 2.45) is 0 Å². The molecule has 36 heavy (non-hydrogen) atoms. The minimum absolute atomic E-state index is 0.0808. The number of fused-ring (bicyclic) bond motifs is 2. The maximum absolute atomic E-state index is 13.3. The molecule has 1 amide bonds. The van der Waals surface area contributed by atoms with E-state index in [4.69, 9.17) is 9.47 Å². The Balaban J connectivity index is 1.41. The summed E-state index contributed by atoms with van der Waals surface area (Å²) >= 11 is 0. The Morgan fingerprint density at radius 1 is 0.917 bits per heavy atom. The number of benzene rings is 3. The molecule has 0 aromatic heterocycles. The second-order valence-corrected chi connectivity index (χ2v) is 10.1. The third kappa shape index (κ3) is 4.85. The van der Waals surface area contributed by atoms with Crippen LogP contribution in [0.3, 0.4) is 0 Å². The molecule has 1 aliphatic carbocycles. The molecule has 3 aromatic carbocycles. The van der Waals surface area contributed by atoms with Crippen LogP contribution < -0.4 is 14.8 Å². The number of ether oxygens (including phenoxy) is 2. The van der Waals surface area contributed by atoms with Crippen molar-refractivity contribution in [2.45, 2.75) is 51.6 Å². The molecular formula is C31H36N2O3. The lowest BCUT2D eigenvalue weighted by molar-refractivity contribution is -0.123. The van der Waals surface area contributed by atoms with Crippen molar-refractivity contribution in [3.63, 3.8) is 0 Å². The molecule has 1 heterocycles. The van der Waals surface area contributed by atoms with E-state index in [0.717, 1.165) is 43.7 Å². The molecule has 188 valence electrons. The molecule has 5 nitrogen and oxygen atoms in total. The Morgan fingerprint density at radius 2 is 1.69 bits per heavy atom. The third-order valence-electron chi connectivity index (χ3n) is 7.93. The molecule has 5 rings (SSSR count). The second-order valence-electron chi connectivity index (χ2n) is 10.1. The van der Waals surface area contributed by atoms with Crippen LogP contribution in [-0.4, -0.2) is 38.1 Å². The van der Waals surface area contributed by atoms with Crippen LogP contribution >= 0.6 is 0 Å². The second kappa shape index (κ2) is 10.4. The Bertz CT molecular complexity index is 1270. The zero-order chi connectivity index (χ0) is 25.2. The number of hydrogen-bond acceptors (Lipinski definition) is 4. The number of nitrogens with zero attached hydrogens (tertiary/aromatic N) is 1. The topological polar surface area (TPSA) is 50.8 Å². The maximum Gasteiger partial charge on any atom is 0.234 e. The number of methoxy groups -OCH3 is 2. The fraction of sp³-hybridized carbons (Fsp3) is 0.387. The average molecular weight is 485 g/mol. The van der Waals surface area contributed by atoms with Crippen molar-refractivity contribution in [1.82, 2.24) is 10.2 Å². The molecule has 1 aliphatic heterocycles. The van der Waals surface area contributed by atoms with Crippen molar-refractivity contribution >= 4 is 5.91 Å². The Labute approximate surface area is 214 Å². The number of carbonyl (C=O) groups excluding carboxylic acids is 1. The molecule has 3 aromatic rings. The van der Waals surface area contributed by atoms with Crippen LogP contribution in [-0.2, 0) is 24.1 Å². The lowest BCUT2D eigenvalue weighted by atomic mass is 9.87. The molecule has 1 N–H and O–H groups in total. The lowest BCUT2D eigenvalue weighted by Gasteiger charge is -2.38. The van der Waals surface area contributed by atoms with Gasteiger partial charge in [0.2, 0.25) is 5.91 Å². The molecule has 0 saturated heterocycles. The zero-order valence-corrected chi connectivity index (χ0v) is 21.8. The molecule has 0 spiro atoms. The van der Waals surface area contributed by atoms with Gasteiger partial charge in [-0.15, -0.1) is 0 Å². The summed E-state index contributed by atoms with van der Waals surface area (Å²) in [5.41, 5.74) is 8.96. The quantitative estimate of drug-likeness (QED) is 0.497. The van der Waals surface area contributed by atoms with E-state index in [0.29, 0.717) is 6.54 Å². The van der Waals surface area contributed by atoms with Gasteiger partial charge >= 0.3 is 0 Å². The van der Waals surface area contributed by atoms with Gasteiger partial charge in [0.05, 0.1) is 26.8 Å². The number of rotatable bonds is 7. The van der Waals surface area contributed by atoms with Gasteiger partial charge < -0.3 is 14.8 Å². The fourth-order valence-electron chi connectivity index (χ4n) is 5.79. The molecule has 2 atom stereocenters. The van der Waals surface area contributed by atoms with Gasteiger partial charge in [0, 0.05) is 12.6 Å². The maximum atomic E-state index is 13.3. The van der Waals surface area contributed by atoms with Gasteiger partial charge in [-0.1, -0.05) is 42.5 Å². The van der Waals surface area contributed by atoms with Crippen LogP contribution in [0.2, 0.25) is 0 Å². The van der Waals surface area contributed by atoms with Gasteiger partial charge in [-0.25, -0.2) is 0 Å². The molecular weight excluding hydrogens is 448 g/mol. The number of hydrogen-bond donors (Lipinski definition) is 1. The highest BCUT2D eigenvalue weighted by molar-refractivity contribution is 5.79. The van der Waals surface area contributed by atoms with Crippen molar-refractivity contribution in [2.75, 3.05) is 27.3 Å². The normalized spacial score (nSPS) is 18.9. The van der Waals surface area contributed by atoms with Gasteiger partial charge in [0.1, 0.15) is 0 Å². The Hall–Kier alpha value is -3.31. The average Bonchev–Trinajstić information content (AvgIpc) is 3.29. The zero-order valence-electron chi connectivity index (χ0n) is 21.8. The van der Waals surface area contributed by atoms with E-state index in [9.17, 15) is 4.79 Å². The number of carbonyl (C=O) groups is 1. The number of nitrogens with one attached hydrogen (secondary N) is 1.